The van der Waals surface area contributed by atoms with Crippen LogP contribution >= 0.6 is 0 Å². The Bertz CT molecular complexity index is 251. The van der Waals surface area contributed by atoms with Gasteiger partial charge in [0, 0.05) is 0 Å². The van der Waals surface area contributed by atoms with Crippen LogP contribution in [0.2, 0.25) is 0 Å². The van der Waals surface area contributed by atoms with Crippen molar-refractivity contribution in [3.63, 3.8) is 0 Å². The maximum atomic E-state index is 12.5. The molecule has 0 unspecified atom stereocenters. The molecular formula is C10H14FNO2. The summed E-state index contributed by atoms with van der Waals surface area (Å²) in [6, 6.07) is 6.38. The van der Waals surface area contributed by atoms with Crippen molar-refractivity contribution in [2.45, 2.75) is 6.42 Å². The topological polar surface area (TPSA) is 44.5 Å². The summed E-state index contributed by atoms with van der Waals surface area (Å²) in [5.41, 5.74) is 1.06. The number of nitrogens with two attached hydrogens (primary N) is 1. The molecule has 0 amide bonds. The van der Waals surface area contributed by atoms with Crippen molar-refractivity contribution >= 4 is 0 Å². The number of ether oxygens (including phenoxy) is 1. The van der Waals surface area contributed by atoms with Gasteiger partial charge in [-0.25, -0.2) is 10.3 Å². The lowest BCUT2D eigenvalue weighted by molar-refractivity contribution is 0.0490. The molecule has 1 rings (SSSR count). The number of benzene rings is 1. The molecule has 0 bridgehead atoms. The Balaban J connectivity index is 2.15. The van der Waals surface area contributed by atoms with Gasteiger partial charge in [0.05, 0.1) is 19.8 Å². The van der Waals surface area contributed by atoms with Crippen molar-refractivity contribution in [3.05, 3.63) is 35.6 Å². The third-order valence-corrected chi connectivity index (χ3v) is 1.79. The predicted octanol–water partition coefficient (Wildman–Crippen LogP) is 1.28. The molecule has 0 fully saturated rings. The van der Waals surface area contributed by atoms with Crippen LogP contribution < -0.4 is 5.90 Å². The summed E-state index contributed by atoms with van der Waals surface area (Å²) in [6.45, 7) is 1.47. The SMILES string of the molecule is NOCCOCCc1ccc(F)cc1. The van der Waals surface area contributed by atoms with Crippen LogP contribution in [0, 0.1) is 5.82 Å². The van der Waals surface area contributed by atoms with Gasteiger partial charge in [-0.1, -0.05) is 12.1 Å². The van der Waals surface area contributed by atoms with Gasteiger partial charge in [0.25, 0.3) is 0 Å². The third-order valence-electron chi connectivity index (χ3n) is 1.79. The van der Waals surface area contributed by atoms with Crippen molar-refractivity contribution < 1.29 is 14.0 Å². The van der Waals surface area contributed by atoms with Crippen LogP contribution in [-0.4, -0.2) is 19.8 Å². The van der Waals surface area contributed by atoms with Gasteiger partial charge in [0.2, 0.25) is 0 Å². The number of halogens is 1. The van der Waals surface area contributed by atoms with Crippen LogP contribution in [0.1, 0.15) is 5.56 Å². The first-order valence-electron chi connectivity index (χ1n) is 4.47. The summed E-state index contributed by atoms with van der Waals surface area (Å²) in [4.78, 5) is 4.34. The molecule has 1 aromatic carbocycles. The summed E-state index contributed by atoms with van der Waals surface area (Å²) in [5, 5.41) is 0. The first kappa shape index (κ1) is 11.1. The average molecular weight is 199 g/mol. The number of hydrogen-bond donors (Lipinski definition) is 1. The highest BCUT2D eigenvalue weighted by Crippen LogP contribution is 2.03. The molecule has 0 spiro atoms. The van der Waals surface area contributed by atoms with E-state index in [-0.39, 0.29) is 5.82 Å². The molecule has 14 heavy (non-hydrogen) atoms. The van der Waals surface area contributed by atoms with Crippen LogP contribution in [0.15, 0.2) is 24.3 Å². The highest BCUT2D eigenvalue weighted by Gasteiger charge is 1.94. The minimum atomic E-state index is -0.216. The molecule has 0 aromatic heterocycles. The van der Waals surface area contributed by atoms with Gasteiger partial charge < -0.3 is 9.57 Å². The number of hydrogen-bond acceptors (Lipinski definition) is 3. The molecule has 78 valence electrons. The van der Waals surface area contributed by atoms with Gasteiger partial charge in [-0.15, -0.1) is 0 Å². The van der Waals surface area contributed by atoms with E-state index in [1.54, 1.807) is 12.1 Å². The largest absolute Gasteiger partial charge is 0.379 e. The van der Waals surface area contributed by atoms with Gasteiger partial charge in [-0.05, 0) is 24.1 Å². The van der Waals surface area contributed by atoms with E-state index >= 15 is 0 Å². The molecule has 0 radical (unpaired) electrons. The van der Waals surface area contributed by atoms with Gasteiger partial charge in [0.15, 0.2) is 0 Å². The van der Waals surface area contributed by atoms with Gasteiger partial charge in [-0.3, -0.25) is 0 Å². The van der Waals surface area contributed by atoms with Crippen LogP contribution in [-0.2, 0) is 16.0 Å². The Hall–Kier alpha value is -0.970. The Morgan fingerprint density at radius 2 is 1.79 bits per heavy atom. The van der Waals surface area contributed by atoms with Crippen molar-refractivity contribution in [1.82, 2.24) is 0 Å². The summed E-state index contributed by atoms with van der Waals surface area (Å²) >= 11 is 0. The highest BCUT2D eigenvalue weighted by molar-refractivity contribution is 5.15. The second kappa shape index (κ2) is 6.48. The molecule has 3 nitrogen and oxygen atoms in total. The average Bonchev–Trinajstić information content (AvgIpc) is 2.21. The molecule has 2 N–H and O–H groups in total. The second-order valence-electron chi connectivity index (χ2n) is 2.86. The van der Waals surface area contributed by atoms with Crippen molar-refractivity contribution in [2.24, 2.45) is 5.90 Å². The molecular weight excluding hydrogens is 185 g/mol. The van der Waals surface area contributed by atoms with Crippen molar-refractivity contribution in [2.75, 3.05) is 19.8 Å². The van der Waals surface area contributed by atoms with Gasteiger partial charge in [0.1, 0.15) is 5.82 Å². The molecule has 0 aliphatic rings. The smallest absolute Gasteiger partial charge is 0.123 e. The first-order valence-corrected chi connectivity index (χ1v) is 4.47. The summed E-state index contributed by atoms with van der Waals surface area (Å²) in [7, 11) is 0. The summed E-state index contributed by atoms with van der Waals surface area (Å²) in [6.07, 6.45) is 0.769. The standard InChI is InChI=1S/C10H14FNO2/c11-10-3-1-9(2-4-10)5-6-13-7-8-14-12/h1-4H,5-8,12H2. The molecule has 4 heteroatoms. The predicted molar refractivity (Wildman–Crippen MR) is 51.1 cm³/mol. The third kappa shape index (κ3) is 4.32. The molecule has 0 saturated heterocycles. The summed E-state index contributed by atoms with van der Waals surface area (Å²) < 4.78 is 17.7. The maximum absolute atomic E-state index is 12.5. The van der Waals surface area contributed by atoms with Crippen LogP contribution in [0.3, 0.4) is 0 Å². The fourth-order valence-electron chi connectivity index (χ4n) is 1.05. The molecule has 0 atom stereocenters. The van der Waals surface area contributed by atoms with Crippen LogP contribution in [0.5, 0.6) is 0 Å². The van der Waals surface area contributed by atoms with E-state index in [4.69, 9.17) is 10.6 Å². The fraction of sp³-hybridized carbons (Fsp3) is 0.400. The maximum Gasteiger partial charge on any atom is 0.123 e. The zero-order valence-electron chi connectivity index (χ0n) is 7.91. The van der Waals surface area contributed by atoms with E-state index < -0.39 is 0 Å². The molecule has 1 aromatic rings. The zero-order valence-corrected chi connectivity index (χ0v) is 7.91. The Morgan fingerprint density at radius 3 is 2.43 bits per heavy atom. The molecule has 0 saturated carbocycles. The quantitative estimate of drug-likeness (QED) is 0.554. The minimum Gasteiger partial charge on any atom is -0.379 e. The van der Waals surface area contributed by atoms with E-state index in [1.807, 2.05) is 0 Å². The van der Waals surface area contributed by atoms with Crippen LogP contribution in [0.25, 0.3) is 0 Å². The Kier molecular flexibility index (Phi) is 5.14. The lowest BCUT2D eigenvalue weighted by Crippen LogP contribution is -2.09. The molecule has 0 aliphatic heterocycles. The van der Waals surface area contributed by atoms with E-state index in [1.165, 1.54) is 12.1 Å². The zero-order chi connectivity index (χ0) is 10.2. The van der Waals surface area contributed by atoms with E-state index in [2.05, 4.69) is 4.84 Å². The lowest BCUT2D eigenvalue weighted by Gasteiger charge is -2.03. The second-order valence-corrected chi connectivity index (χ2v) is 2.86. The van der Waals surface area contributed by atoms with Crippen molar-refractivity contribution in [1.29, 1.82) is 0 Å². The lowest BCUT2D eigenvalue weighted by atomic mass is 10.2. The normalized spacial score (nSPS) is 10.4. The molecule has 0 heterocycles. The van der Waals surface area contributed by atoms with Gasteiger partial charge >= 0.3 is 0 Å². The monoisotopic (exact) mass is 199 g/mol. The Morgan fingerprint density at radius 1 is 1.07 bits per heavy atom. The minimum absolute atomic E-state index is 0.216. The van der Waals surface area contributed by atoms with E-state index in [0.29, 0.717) is 19.8 Å². The van der Waals surface area contributed by atoms with E-state index in [9.17, 15) is 4.39 Å². The summed E-state index contributed by atoms with van der Waals surface area (Å²) in [5.74, 6) is 4.60. The fourth-order valence-corrected chi connectivity index (χ4v) is 1.05. The number of rotatable bonds is 6. The molecule has 0 aliphatic carbocycles. The highest BCUT2D eigenvalue weighted by atomic mass is 19.1. The first-order chi connectivity index (χ1) is 6.83. The van der Waals surface area contributed by atoms with Crippen molar-refractivity contribution in [3.8, 4) is 0 Å². The Labute approximate surface area is 82.6 Å². The van der Waals surface area contributed by atoms with Crippen LogP contribution in [0.4, 0.5) is 4.39 Å². The van der Waals surface area contributed by atoms with Gasteiger partial charge in [-0.2, -0.15) is 0 Å². The van der Waals surface area contributed by atoms with E-state index in [0.717, 1.165) is 12.0 Å².